The Kier molecular flexibility index (Phi) is 3.28. The summed E-state index contributed by atoms with van der Waals surface area (Å²) in [6, 6.07) is 0.911. The Hall–Kier alpha value is -1.18. The Labute approximate surface area is 93.4 Å². The molecule has 0 amide bonds. The van der Waals surface area contributed by atoms with Gasteiger partial charge in [0.15, 0.2) is 0 Å². The molecule has 0 saturated heterocycles. The van der Waals surface area contributed by atoms with Crippen LogP contribution in [-0.4, -0.2) is 24.0 Å². The molecular weight excluding hydrogens is 184 g/mol. The van der Waals surface area contributed by atoms with Gasteiger partial charge in [-0.15, -0.1) is 0 Å². The number of likely N-dealkylation sites (N-methyl/N-ethyl adjacent to an activating group) is 1. The summed E-state index contributed by atoms with van der Waals surface area (Å²) >= 11 is 0. The zero-order chi connectivity index (χ0) is 11.7. The molecule has 15 heavy (non-hydrogen) atoms. The van der Waals surface area contributed by atoms with Crippen molar-refractivity contribution in [3.05, 3.63) is 35.7 Å². The summed E-state index contributed by atoms with van der Waals surface area (Å²) in [4.78, 5) is 2.24. The summed E-state index contributed by atoms with van der Waals surface area (Å²) in [7, 11) is 2.10. The van der Waals surface area contributed by atoms with Gasteiger partial charge in [0.1, 0.15) is 0 Å². The molecule has 84 valence electrons. The van der Waals surface area contributed by atoms with Crippen LogP contribution in [0, 0.1) is 0 Å². The fourth-order valence-electron chi connectivity index (χ4n) is 1.62. The van der Waals surface area contributed by atoms with Crippen LogP contribution in [0.3, 0.4) is 0 Å². The fourth-order valence-corrected chi connectivity index (χ4v) is 1.62. The highest BCUT2D eigenvalue weighted by Crippen LogP contribution is 2.38. The maximum absolute atomic E-state index is 4.04. The lowest BCUT2D eigenvalue weighted by atomic mass is 9.87. The number of rotatable bonds is 4. The Morgan fingerprint density at radius 1 is 1.07 bits per heavy atom. The summed E-state index contributed by atoms with van der Waals surface area (Å²) in [5.74, 6) is 0. The van der Waals surface area contributed by atoms with Crippen molar-refractivity contribution in [2.45, 2.75) is 39.8 Å². The molecule has 1 rings (SSSR count). The van der Waals surface area contributed by atoms with Crippen LogP contribution < -0.4 is 5.32 Å². The number of hydrogen-bond acceptors (Lipinski definition) is 2. The van der Waals surface area contributed by atoms with Crippen molar-refractivity contribution >= 4 is 0 Å². The zero-order valence-electron chi connectivity index (χ0n) is 10.5. The van der Waals surface area contributed by atoms with Gasteiger partial charge in [-0.05, 0) is 27.7 Å². The van der Waals surface area contributed by atoms with Crippen molar-refractivity contribution < 1.29 is 0 Å². The second kappa shape index (κ2) is 4.13. The van der Waals surface area contributed by atoms with E-state index in [2.05, 4.69) is 58.1 Å². The molecule has 0 atom stereocenters. The van der Waals surface area contributed by atoms with Gasteiger partial charge in [-0.1, -0.05) is 13.2 Å². The molecule has 0 fully saturated rings. The van der Waals surface area contributed by atoms with Gasteiger partial charge in [-0.25, -0.2) is 0 Å². The molecule has 2 nitrogen and oxygen atoms in total. The van der Waals surface area contributed by atoms with Crippen LogP contribution in [0.25, 0.3) is 0 Å². The smallest absolute Gasteiger partial charge is 0.0682 e. The maximum Gasteiger partial charge on any atom is 0.0682 e. The second-order valence-corrected chi connectivity index (χ2v) is 4.68. The minimum atomic E-state index is 0.431. The fraction of sp³-hybridized carbons (Fsp3) is 0.538. The lowest BCUT2D eigenvalue weighted by molar-refractivity contribution is 0.338. The van der Waals surface area contributed by atoms with E-state index in [1.54, 1.807) is 0 Å². The first-order chi connectivity index (χ1) is 6.86. The van der Waals surface area contributed by atoms with Crippen LogP contribution in [0.5, 0.6) is 0 Å². The van der Waals surface area contributed by atoms with Crippen LogP contribution in [0.1, 0.15) is 27.7 Å². The average molecular weight is 206 g/mol. The molecule has 0 spiro atoms. The molecular formula is C13H22N2. The highest BCUT2D eigenvalue weighted by molar-refractivity contribution is 5.66. The first kappa shape index (κ1) is 11.9. The van der Waals surface area contributed by atoms with Crippen molar-refractivity contribution in [3.63, 3.8) is 0 Å². The number of hydrogen-bond donors (Lipinski definition) is 1. The zero-order valence-corrected chi connectivity index (χ0v) is 10.5. The molecule has 1 aliphatic carbocycles. The monoisotopic (exact) mass is 206 g/mol. The first-order valence-electron chi connectivity index (χ1n) is 5.48. The quantitative estimate of drug-likeness (QED) is 0.760. The molecule has 0 heterocycles. The maximum atomic E-state index is 4.04. The van der Waals surface area contributed by atoms with Crippen molar-refractivity contribution in [2.24, 2.45) is 0 Å². The summed E-state index contributed by atoms with van der Waals surface area (Å²) in [6.07, 6.45) is 0. The molecule has 2 heteroatoms. The van der Waals surface area contributed by atoms with E-state index in [-0.39, 0.29) is 0 Å². The van der Waals surface area contributed by atoms with Crippen molar-refractivity contribution in [1.82, 2.24) is 10.2 Å². The third kappa shape index (κ3) is 2.09. The van der Waals surface area contributed by atoms with Gasteiger partial charge in [-0.3, -0.25) is 0 Å². The molecule has 0 aromatic heterocycles. The number of nitrogens with zero attached hydrogens (tertiary/aromatic N) is 1. The van der Waals surface area contributed by atoms with Crippen molar-refractivity contribution in [2.75, 3.05) is 7.05 Å². The van der Waals surface area contributed by atoms with Gasteiger partial charge in [0.05, 0.1) is 11.4 Å². The minimum Gasteiger partial charge on any atom is -0.381 e. The Bertz CT molecular complexity index is 321. The van der Waals surface area contributed by atoms with E-state index in [1.165, 1.54) is 5.70 Å². The summed E-state index contributed by atoms with van der Waals surface area (Å²) < 4.78 is 0. The van der Waals surface area contributed by atoms with E-state index < -0.39 is 0 Å². The lowest BCUT2D eigenvalue weighted by Gasteiger charge is -2.39. The highest BCUT2D eigenvalue weighted by Gasteiger charge is 2.30. The minimum absolute atomic E-state index is 0.431. The van der Waals surface area contributed by atoms with Crippen LogP contribution in [0.4, 0.5) is 0 Å². The van der Waals surface area contributed by atoms with Crippen molar-refractivity contribution in [1.29, 1.82) is 0 Å². The first-order valence-corrected chi connectivity index (χ1v) is 5.48. The van der Waals surface area contributed by atoms with Crippen LogP contribution in [-0.2, 0) is 0 Å². The molecule has 0 saturated carbocycles. The van der Waals surface area contributed by atoms with Crippen LogP contribution in [0.15, 0.2) is 35.7 Å². The molecule has 1 aliphatic rings. The SMILES string of the molecule is C=C1C(=C)C(N(C)C(C)C)=C1NC(C)C. The van der Waals surface area contributed by atoms with Gasteiger partial charge >= 0.3 is 0 Å². The second-order valence-electron chi connectivity index (χ2n) is 4.68. The number of allylic oxidation sites excluding steroid dienone is 2. The summed E-state index contributed by atoms with van der Waals surface area (Å²) in [5.41, 5.74) is 4.48. The standard InChI is InChI=1S/C13H22N2/c1-8(2)14-12-10(5)11(6)13(12)15(7)9(3)4/h8-9,14H,5-6H2,1-4,7H3. The predicted octanol–water partition coefficient (Wildman–Crippen LogP) is 2.66. The summed E-state index contributed by atoms with van der Waals surface area (Å²) in [5, 5.41) is 3.42. The average Bonchev–Trinajstić information content (AvgIpc) is 2.15. The largest absolute Gasteiger partial charge is 0.381 e. The van der Waals surface area contributed by atoms with E-state index in [1.807, 2.05) is 0 Å². The molecule has 0 aliphatic heterocycles. The molecule has 1 N–H and O–H groups in total. The molecule has 0 aromatic carbocycles. The molecule has 0 unspecified atom stereocenters. The van der Waals surface area contributed by atoms with Gasteiger partial charge in [-0.2, -0.15) is 0 Å². The normalized spacial score (nSPS) is 16.2. The lowest BCUT2D eigenvalue weighted by Crippen LogP contribution is -2.38. The predicted molar refractivity (Wildman–Crippen MR) is 66.5 cm³/mol. The van der Waals surface area contributed by atoms with Crippen LogP contribution in [0.2, 0.25) is 0 Å². The van der Waals surface area contributed by atoms with Gasteiger partial charge < -0.3 is 10.2 Å². The Balaban J connectivity index is 2.96. The van der Waals surface area contributed by atoms with E-state index in [0.29, 0.717) is 12.1 Å². The Morgan fingerprint density at radius 3 is 2.00 bits per heavy atom. The summed E-state index contributed by atoms with van der Waals surface area (Å²) in [6.45, 7) is 16.7. The van der Waals surface area contributed by atoms with E-state index in [4.69, 9.17) is 0 Å². The topological polar surface area (TPSA) is 15.3 Å². The van der Waals surface area contributed by atoms with Gasteiger partial charge in [0.25, 0.3) is 0 Å². The van der Waals surface area contributed by atoms with Crippen LogP contribution >= 0.6 is 0 Å². The molecule has 0 radical (unpaired) electrons. The van der Waals surface area contributed by atoms with Crippen molar-refractivity contribution in [3.8, 4) is 0 Å². The van der Waals surface area contributed by atoms with Gasteiger partial charge in [0.2, 0.25) is 0 Å². The van der Waals surface area contributed by atoms with E-state index >= 15 is 0 Å². The third-order valence-electron chi connectivity index (χ3n) is 2.75. The Morgan fingerprint density at radius 2 is 1.60 bits per heavy atom. The molecule has 0 aromatic rings. The van der Waals surface area contributed by atoms with Gasteiger partial charge in [0, 0.05) is 30.3 Å². The third-order valence-corrected chi connectivity index (χ3v) is 2.75. The highest BCUT2D eigenvalue weighted by atomic mass is 15.2. The molecule has 0 bridgehead atoms. The van der Waals surface area contributed by atoms with E-state index in [0.717, 1.165) is 16.8 Å². The number of nitrogens with one attached hydrogen (secondary N) is 1. The van der Waals surface area contributed by atoms with E-state index in [9.17, 15) is 0 Å².